The van der Waals surface area contributed by atoms with E-state index in [0.29, 0.717) is 32.5 Å². The van der Waals surface area contributed by atoms with Gasteiger partial charge in [-0.2, -0.15) is 0 Å². The first kappa shape index (κ1) is 21.4. The Hall–Kier alpha value is -2.88. The Morgan fingerprint density at radius 3 is 2.71 bits per heavy atom. The van der Waals surface area contributed by atoms with Crippen molar-refractivity contribution >= 4 is 11.8 Å². The maximum absolute atomic E-state index is 13.4. The largest absolute Gasteiger partial charge is 0.352 e. The van der Waals surface area contributed by atoms with E-state index < -0.39 is 5.41 Å². The summed E-state index contributed by atoms with van der Waals surface area (Å²) in [7, 11) is 0. The summed E-state index contributed by atoms with van der Waals surface area (Å²) in [6.45, 7) is 7.42. The predicted octanol–water partition coefficient (Wildman–Crippen LogP) is 4.53. The van der Waals surface area contributed by atoms with Crippen LogP contribution in [0.5, 0.6) is 0 Å². The van der Waals surface area contributed by atoms with Crippen molar-refractivity contribution in [3.63, 3.8) is 0 Å². The number of rotatable bonds is 7. The number of amides is 2. The summed E-state index contributed by atoms with van der Waals surface area (Å²) in [5.41, 5.74) is 4.08. The quantitative estimate of drug-likeness (QED) is 0.675. The molecular formula is C27H32N2O2. The molecule has 2 aromatic rings. The van der Waals surface area contributed by atoms with Gasteiger partial charge in [-0.15, -0.1) is 6.58 Å². The number of aryl methyl sites for hydroxylation is 1. The smallest absolute Gasteiger partial charge is 0.228 e. The van der Waals surface area contributed by atoms with Crippen molar-refractivity contribution in [1.82, 2.24) is 10.2 Å². The summed E-state index contributed by atoms with van der Waals surface area (Å²) in [5, 5.41) is 3.03. The molecule has 0 unspecified atom stereocenters. The predicted molar refractivity (Wildman–Crippen MR) is 124 cm³/mol. The zero-order valence-electron chi connectivity index (χ0n) is 18.4. The standard InChI is InChI=1S/C27H32N2O2/c1-3-15-28-26(31)27(14-16-29(19-27)25(30)21-10-7-11-21)18-23-9-4-5-13-24(23)22-12-6-8-20(2)17-22/h3-6,8-9,12-13,17,21H,1,7,10-11,14-16,18-19H2,2H3,(H,28,31)/t27-/m1/s1. The van der Waals surface area contributed by atoms with E-state index in [-0.39, 0.29) is 17.7 Å². The van der Waals surface area contributed by atoms with Crippen LogP contribution in [-0.2, 0) is 16.0 Å². The molecule has 0 bridgehead atoms. The minimum atomic E-state index is -0.609. The fraction of sp³-hybridized carbons (Fsp3) is 0.407. The molecule has 4 rings (SSSR count). The van der Waals surface area contributed by atoms with E-state index in [1.807, 2.05) is 17.0 Å². The van der Waals surface area contributed by atoms with Crippen LogP contribution in [0, 0.1) is 18.3 Å². The minimum Gasteiger partial charge on any atom is -0.352 e. The zero-order valence-corrected chi connectivity index (χ0v) is 18.4. The van der Waals surface area contributed by atoms with Gasteiger partial charge in [0, 0.05) is 25.6 Å². The Morgan fingerprint density at radius 1 is 1.19 bits per heavy atom. The number of hydrogen-bond donors (Lipinski definition) is 1. The third kappa shape index (κ3) is 4.43. The van der Waals surface area contributed by atoms with Gasteiger partial charge in [-0.3, -0.25) is 9.59 Å². The van der Waals surface area contributed by atoms with Gasteiger partial charge in [-0.05, 0) is 49.3 Å². The van der Waals surface area contributed by atoms with Crippen molar-refractivity contribution in [2.24, 2.45) is 11.3 Å². The second kappa shape index (κ2) is 9.09. The van der Waals surface area contributed by atoms with Crippen molar-refractivity contribution in [2.75, 3.05) is 19.6 Å². The summed E-state index contributed by atoms with van der Waals surface area (Å²) in [6.07, 6.45) is 6.13. The van der Waals surface area contributed by atoms with E-state index in [1.165, 1.54) is 5.56 Å². The van der Waals surface area contributed by atoms with Crippen molar-refractivity contribution < 1.29 is 9.59 Å². The second-order valence-corrected chi connectivity index (χ2v) is 9.12. The van der Waals surface area contributed by atoms with Crippen LogP contribution >= 0.6 is 0 Å². The minimum absolute atomic E-state index is 0.0235. The van der Waals surface area contributed by atoms with Gasteiger partial charge in [0.05, 0.1) is 5.41 Å². The van der Waals surface area contributed by atoms with E-state index in [4.69, 9.17) is 0 Å². The van der Waals surface area contributed by atoms with Crippen molar-refractivity contribution in [3.05, 3.63) is 72.3 Å². The fourth-order valence-corrected chi connectivity index (χ4v) is 4.87. The van der Waals surface area contributed by atoms with Crippen LogP contribution in [0.15, 0.2) is 61.2 Å². The van der Waals surface area contributed by atoms with Gasteiger partial charge in [0.1, 0.15) is 0 Å². The molecule has 2 aromatic carbocycles. The molecule has 2 aliphatic rings. The number of carbonyl (C=O) groups excluding carboxylic acids is 2. The lowest BCUT2D eigenvalue weighted by Crippen LogP contribution is -2.46. The van der Waals surface area contributed by atoms with Gasteiger partial charge in [0.2, 0.25) is 11.8 Å². The molecule has 1 aliphatic carbocycles. The summed E-state index contributed by atoms with van der Waals surface area (Å²) in [6, 6.07) is 16.8. The molecule has 4 nitrogen and oxygen atoms in total. The summed E-state index contributed by atoms with van der Waals surface area (Å²) in [4.78, 5) is 28.2. The number of hydrogen-bond acceptors (Lipinski definition) is 2. The number of benzene rings is 2. The van der Waals surface area contributed by atoms with Gasteiger partial charge in [-0.25, -0.2) is 0 Å². The Bertz CT molecular complexity index is 979. The highest BCUT2D eigenvalue weighted by molar-refractivity contribution is 5.87. The van der Waals surface area contributed by atoms with Gasteiger partial charge in [-0.1, -0.05) is 66.6 Å². The number of carbonyl (C=O) groups is 2. The highest BCUT2D eigenvalue weighted by Gasteiger charge is 2.47. The average molecular weight is 417 g/mol. The van der Waals surface area contributed by atoms with Crippen LogP contribution in [-0.4, -0.2) is 36.3 Å². The van der Waals surface area contributed by atoms with Crippen molar-refractivity contribution in [2.45, 2.75) is 39.0 Å². The molecule has 1 heterocycles. The average Bonchev–Trinajstić information content (AvgIpc) is 3.16. The molecule has 31 heavy (non-hydrogen) atoms. The third-order valence-electron chi connectivity index (χ3n) is 6.88. The SMILES string of the molecule is C=CCNC(=O)[C@@]1(Cc2ccccc2-c2cccc(C)c2)CCN(C(=O)C2CCC2)C1. The highest BCUT2D eigenvalue weighted by atomic mass is 16.2. The molecule has 1 saturated carbocycles. The Kier molecular flexibility index (Phi) is 6.26. The van der Waals surface area contributed by atoms with Crippen LogP contribution < -0.4 is 5.32 Å². The van der Waals surface area contributed by atoms with Crippen molar-refractivity contribution in [3.8, 4) is 11.1 Å². The summed E-state index contributed by atoms with van der Waals surface area (Å²) >= 11 is 0. The Labute approximate surface area is 185 Å². The van der Waals surface area contributed by atoms with E-state index in [1.54, 1.807) is 6.08 Å². The maximum atomic E-state index is 13.4. The van der Waals surface area contributed by atoms with Crippen LogP contribution in [0.2, 0.25) is 0 Å². The lowest BCUT2D eigenvalue weighted by molar-refractivity contribution is -0.138. The molecule has 0 aromatic heterocycles. The van der Waals surface area contributed by atoms with Gasteiger partial charge in [0.25, 0.3) is 0 Å². The first-order valence-electron chi connectivity index (χ1n) is 11.4. The van der Waals surface area contributed by atoms with Gasteiger partial charge in [0.15, 0.2) is 0 Å². The second-order valence-electron chi connectivity index (χ2n) is 9.12. The van der Waals surface area contributed by atoms with Crippen LogP contribution in [0.4, 0.5) is 0 Å². The molecule has 0 radical (unpaired) electrons. The molecule has 162 valence electrons. The molecular weight excluding hydrogens is 384 g/mol. The first-order valence-corrected chi connectivity index (χ1v) is 11.4. The molecule has 0 spiro atoms. The van der Waals surface area contributed by atoms with Gasteiger partial charge >= 0.3 is 0 Å². The van der Waals surface area contributed by atoms with Crippen molar-refractivity contribution in [1.29, 1.82) is 0 Å². The summed E-state index contributed by atoms with van der Waals surface area (Å²) < 4.78 is 0. The topological polar surface area (TPSA) is 49.4 Å². The van der Waals surface area contributed by atoms with Crippen LogP contribution in [0.25, 0.3) is 11.1 Å². The first-order chi connectivity index (χ1) is 15.0. The van der Waals surface area contributed by atoms with Crippen LogP contribution in [0.3, 0.4) is 0 Å². The molecule has 2 fully saturated rings. The van der Waals surface area contributed by atoms with E-state index >= 15 is 0 Å². The molecule has 1 saturated heterocycles. The van der Waals surface area contributed by atoms with E-state index in [0.717, 1.165) is 36.0 Å². The van der Waals surface area contributed by atoms with Crippen LogP contribution in [0.1, 0.15) is 36.8 Å². The third-order valence-corrected chi connectivity index (χ3v) is 6.88. The Balaban J connectivity index is 1.64. The normalized spacial score (nSPS) is 20.9. The monoisotopic (exact) mass is 416 g/mol. The molecule has 1 atom stereocenters. The highest BCUT2D eigenvalue weighted by Crippen LogP contribution is 2.39. The fourth-order valence-electron chi connectivity index (χ4n) is 4.87. The molecule has 1 aliphatic heterocycles. The van der Waals surface area contributed by atoms with Gasteiger partial charge < -0.3 is 10.2 Å². The number of nitrogens with zero attached hydrogens (tertiary/aromatic N) is 1. The van der Waals surface area contributed by atoms with E-state index in [9.17, 15) is 9.59 Å². The molecule has 1 N–H and O–H groups in total. The lowest BCUT2D eigenvalue weighted by Gasteiger charge is -2.32. The summed E-state index contributed by atoms with van der Waals surface area (Å²) in [5.74, 6) is 0.415. The molecule has 4 heteroatoms. The molecule has 2 amide bonds. The number of likely N-dealkylation sites (tertiary alicyclic amines) is 1. The maximum Gasteiger partial charge on any atom is 0.228 e. The zero-order chi connectivity index (χ0) is 21.8. The van der Waals surface area contributed by atoms with E-state index in [2.05, 4.69) is 55.2 Å². The lowest BCUT2D eigenvalue weighted by atomic mass is 9.78. The number of nitrogens with one attached hydrogen (secondary N) is 1. The Morgan fingerprint density at radius 2 is 2.00 bits per heavy atom.